The molecule has 0 aliphatic carbocycles. The van der Waals surface area contributed by atoms with Gasteiger partial charge in [0.1, 0.15) is 5.15 Å². The van der Waals surface area contributed by atoms with Crippen LogP contribution in [0.2, 0.25) is 5.15 Å². The maximum atomic E-state index is 5.73. The van der Waals surface area contributed by atoms with Crippen LogP contribution in [0.4, 0.5) is 0 Å². The summed E-state index contributed by atoms with van der Waals surface area (Å²) in [6.07, 6.45) is 0. The number of nitrogens with zero attached hydrogens (tertiary/aromatic N) is 1. The van der Waals surface area contributed by atoms with Crippen LogP contribution in [0.15, 0.2) is 12.1 Å². The SMILES string of the molecule is CC1(C)COc2nc(Cl)ccc21. The van der Waals surface area contributed by atoms with Crippen LogP contribution in [0, 0.1) is 0 Å². The van der Waals surface area contributed by atoms with Crippen molar-refractivity contribution in [3.8, 4) is 5.88 Å². The zero-order valence-electron chi connectivity index (χ0n) is 7.10. The van der Waals surface area contributed by atoms with Gasteiger partial charge in [0, 0.05) is 11.0 Å². The number of pyridine rings is 1. The van der Waals surface area contributed by atoms with E-state index < -0.39 is 0 Å². The molecule has 0 aromatic carbocycles. The van der Waals surface area contributed by atoms with Gasteiger partial charge in [-0.1, -0.05) is 25.4 Å². The van der Waals surface area contributed by atoms with Crippen LogP contribution < -0.4 is 4.74 Å². The van der Waals surface area contributed by atoms with Gasteiger partial charge in [0.25, 0.3) is 0 Å². The highest BCUT2D eigenvalue weighted by molar-refractivity contribution is 6.29. The van der Waals surface area contributed by atoms with E-state index in [4.69, 9.17) is 16.3 Å². The maximum absolute atomic E-state index is 5.73. The van der Waals surface area contributed by atoms with Gasteiger partial charge >= 0.3 is 0 Å². The van der Waals surface area contributed by atoms with Crippen LogP contribution in [-0.2, 0) is 5.41 Å². The molecule has 0 radical (unpaired) electrons. The molecule has 12 heavy (non-hydrogen) atoms. The zero-order chi connectivity index (χ0) is 8.77. The van der Waals surface area contributed by atoms with E-state index in [0.29, 0.717) is 17.6 Å². The van der Waals surface area contributed by atoms with Crippen molar-refractivity contribution in [1.82, 2.24) is 4.98 Å². The summed E-state index contributed by atoms with van der Waals surface area (Å²) in [5, 5.41) is 0.492. The number of halogens is 1. The molecule has 0 fully saturated rings. The molecule has 0 amide bonds. The van der Waals surface area contributed by atoms with E-state index in [0.717, 1.165) is 5.56 Å². The van der Waals surface area contributed by atoms with Crippen molar-refractivity contribution in [3.63, 3.8) is 0 Å². The third-order valence-corrected chi connectivity index (χ3v) is 2.34. The minimum atomic E-state index is 0.0763. The molecule has 0 spiro atoms. The van der Waals surface area contributed by atoms with Gasteiger partial charge in [0.2, 0.25) is 5.88 Å². The molecule has 64 valence electrons. The van der Waals surface area contributed by atoms with Gasteiger partial charge in [-0.25, -0.2) is 4.98 Å². The van der Waals surface area contributed by atoms with Crippen molar-refractivity contribution in [2.75, 3.05) is 6.61 Å². The van der Waals surface area contributed by atoms with Crippen molar-refractivity contribution in [1.29, 1.82) is 0 Å². The molecule has 1 aliphatic heterocycles. The quantitative estimate of drug-likeness (QED) is 0.577. The summed E-state index contributed by atoms with van der Waals surface area (Å²) in [5.41, 5.74) is 1.22. The van der Waals surface area contributed by atoms with Crippen molar-refractivity contribution >= 4 is 11.6 Å². The number of hydrogen-bond acceptors (Lipinski definition) is 2. The molecule has 2 nitrogen and oxygen atoms in total. The molecular formula is C9H10ClNO. The molecule has 0 bridgehead atoms. The molecule has 2 rings (SSSR count). The predicted octanol–water partition coefficient (Wildman–Crippen LogP) is 2.41. The first-order valence-electron chi connectivity index (χ1n) is 3.89. The van der Waals surface area contributed by atoms with Crippen LogP contribution in [0.5, 0.6) is 5.88 Å². The zero-order valence-corrected chi connectivity index (χ0v) is 7.85. The molecule has 0 saturated carbocycles. The van der Waals surface area contributed by atoms with E-state index in [-0.39, 0.29) is 5.41 Å². The van der Waals surface area contributed by atoms with Gasteiger partial charge in [-0.2, -0.15) is 0 Å². The predicted molar refractivity (Wildman–Crippen MR) is 47.8 cm³/mol. The van der Waals surface area contributed by atoms with Crippen molar-refractivity contribution < 1.29 is 4.74 Å². The molecule has 3 heteroatoms. The average molecular weight is 184 g/mol. The lowest BCUT2D eigenvalue weighted by Gasteiger charge is -2.13. The second-order valence-electron chi connectivity index (χ2n) is 3.66. The summed E-state index contributed by atoms with van der Waals surface area (Å²) in [6.45, 7) is 4.96. The third kappa shape index (κ3) is 1.07. The topological polar surface area (TPSA) is 22.1 Å². The first-order valence-corrected chi connectivity index (χ1v) is 4.27. The number of hydrogen-bond donors (Lipinski definition) is 0. The number of aromatic nitrogens is 1. The standard InChI is InChI=1S/C9H10ClNO/c1-9(2)5-12-8-6(9)3-4-7(10)11-8/h3-4H,5H2,1-2H3. The summed E-state index contributed by atoms with van der Waals surface area (Å²) in [6, 6.07) is 3.79. The first kappa shape index (κ1) is 7.87. The largest absolute Gasteiger partial charge is 0.476 e. The van der Waals surface area contributed by atoms with Crippen molar-refractivity contribution in [2.45, 2.75) is 19.3 Å². The van der Waals surface area contributed by atoms with E-state index in [1.807, 2.05) is 6.07 Å². The summed E-state index contributed by atoms with van der Waals surface area (Å²) in [7, 11) is 0. The van der Waals surface area contributed by atoms with Crippen LogP contribution in [0.3, 0.4) is 0 Å². The van der Waals surface area contributed by atoms with Gasteiger partial charge in [0.15, 0.2) is 0 Å². The van der Waals surface area contributed by atoms with E-state index in [1.54, 1.807) is 6.07 Å². The molecule has 1 aromatic heterocycles. The highest BCUT2D eigenvalue weighted by Crippen LogP contribution is 2.37. The lowest BCUT2D eigenvalue weighted by atomic mass is 9.88. The van der Waals surface area contributed by atoms with Crippen molar-refractivity contribution in [3.05, 3.63) is 22.8 Å². The molecule has 2 heterocycles. The Morgan fingerprint density at radius 3 is 3.00 bits per heavy atom. The average Bonchev–Trinajstić information content (AvgIpc) is 2.27. The number of rotatable bonds is 0. The monoisotopic (exact) mass is 183 g/mol. The summed E-state index contributed by atoms with van der Waals surface area (Å²) >= 11 is 5.73. The number of fused-ring (bicyclic) bond motifs is 1. The van der Waals surface area contributed by atoms with Gasteiger partial charge in [-0.05, 0) is 12.1 Å². The first-order chi connectivity index (χ1) is 5.59. The Balaban J connectivity index is 2.55. The fourth-order valence-electron chi connectivity index (χ4n) is 1.37. The molecule has 0 saturated heterocycles. The van der Waals surface area contributed by atoms with Crippen LogP contribution in [-0.4, -0.2) is 11.6 Å². The normalized spacial score (nSPS) is 18.6. The Bertz CT molecular complexity index is 322. The van der Waals surface area contributed by atoms with E-state index in [1.165, 1.54) is 0 Å². The Morgan fingerprint density at radius 1 is 1.50 bits per heavy atom. The second-order valence-corrected chi connectivity index (χ2v) is 4.05. The fraction of sp³-hybridized carbons (Fsp3) is 0.444. The van der Waals surface area contributed by atoms with Crippen LogP contribution in [0.25, 0.3) is 0 Å². The van der Waals surface area contributed by atoms with Crippen LogP contribution in [0.1, 0.15) is 19.4 Å². The Kier molecular flexibility index (Phi) is 1.55. The van der Waals surface area contributed by atoms with E-state index >= 15 is 0 Å². The number of ether oxygens (including phenoxy) is 1. The Morgan fingerprint density at radius 2 is 2.25 bits per heavy atom. The highest BCUT2D eigenvalue weighted by atomic mass is 35.5. The molecule has 0 N–H and O–H groups in total. The Hall–Kier alpha value is -0.760. The smallest absolute Gasteiger partial charge is 0.218 e. The minimum Gasteiger partial charge on any atom is -0.476 e. The minimum absolute atomic E-state index is 0.0763. The molecule has 0 atom stereocenters. The molecular weight excluding hydrogens is 174 g/mol. The second kappa shape index (κ2) is 2.36. The molecule has 1 aliphatic rings. The maximum Gasteiger partial charge on any atom is 0.218 e. The lowest BCUT2D eigenvalue weighted by Crippen LogP contribution is -2.18. The van der Waals surface area contributed by atoms with Gasteiger partial charge in [0.05, 0.1) is 6.61 Å². The lowest BCUT2D eigenvalue weighted by molar-refractivity contribution is 0.284. The summed E-state index contributed by atoms with van der Waals surface area (Å²) < 4.78 is 5.40. The van der Waals surface area contributed by atoms with Crippen molar-refractivity contribution in [2.24, 2.45) is 0 Å². The third-order valence-electron chi connectivity index (χ3n) is 2.13. The molecule has 1 aromatic rings. The summed E-state index contributed by atoms with van der Waals surface area (Å²) in [5.74, 6) is 0.688. The van der Waals surface area contributed by atoms with Gasteiger partial charge in [-0.15, -0.1) is 0 Å². The van der Waals surface area contributed by atoms with E-state index in [9.17, 15) is 0 Å². The Labute approximate surface area is 76.5 Å². The molecule has 0 unspecified atom stereocenters. The van der Waals surface area contributed by atoms with Crippen LogP contribution >= 0.6 is 11.6 Å². The van der Waals surface area contributed by atoms with E-state index in [2.05, 4.69) is 18.8 Å². The summed E-state index contributed by atoms with van der Waals surface area (Å²) in [4.78, 5) is 4.09. The van der Waals surface area contributed by atoms with Gasteiger partial charge in [-0.3, -0.25) is 0 Å². The van der Waals surface area contributed by atoms with Gasteiger partial charge < -0.3 is 4.74 Å². The highest BCUT2D eigenvalue weighted by Gasteiger charge is 2.32. The fourth-order valence-corrected chi connectivity index (χ4v) is 1.51.